The quantitative estimate of drug-likeness (QED) is 0.504. The molecule has 0 aromatic heterocycles. The van der Waals surface area contributed by atoms with E-state index in [0.717, 1.165) is 13.0 Å². The van der Waals surface area contributed by atoms with Gasteiger partial charge in [-0.25, -0.2) is 4.79 Å². The molecule has 5 heteroatoms. The highest BCUT2D eigenvalue weighted by Gasteiger charge is 2.19. The summed E-state index contributed by atoms with van der Waals surface area (Å²) in [6, 6.07) is 0. The lowest BCUT2D eigenvalue weighted by Gasteiger charge is -2.14. The first kappa shape index (κ1) is 11.6. The molecule has 0 spiro atoms. The number of carbonyl (C=O) groups is 2. The third kappa shape index (κ3) is 4.01. The van der Waals surface area contributed by atoms with Gasteiger partial charge >= 0.3 is 6.16 Å². The van der Waals surface area contributed by atoms with Crippen LogP contribution in [0.4, 0.5) is 4.79 Å². The molecule has 0 atom stereocenters. The zero-order valence-corrected chi connectivity index (χ0v) is 8.61. The van der Waals surface area contributed by atoms with Crippen molar-refractivity contribution in [3.63, 3.8) is 0 Å². The van der Waals surface area contributed by atoms with Crippen LogP contribution < -0.4 is 0 Å². The molecule has 5 nitrogen and oxygen atoms in total. The van der Waals surface area contributed by atoms with Crippen molar-refractivity contribution >= 4 is 12.1 Å². The van der Waals surface area contributed by atoms with Crippen molar-refractivity contribution in [2.45, 2.75) is 12.8 Å². The predicted molar refractivity (Wildman–Crippen MR) is 53.3 cm³/mol. The summed E-state index contributed by atoms with van der Waals surface area (Å²) in [5.74, 6) is 0.123. The molecule has 0 unspecified atom stereocenters. The van der Waals surface area contributed by atoms with Crippen LogP contribution in [-0.4, -0.2) is 43.3 Å². The topological polar surface area (TPSA) is 55.8 Å². The van der Waals surface area contributed by atoms with Gasteiger partial charge in [0.15, 0.2) is 0 Å². The fourth-order valence-corrected chi connectivity index (χ4v) is 1.35. The molecule has 1 heterocycles. The molecular formula is C10H15NO4. The lowest BCUT2D eigenvalue weighted by molar-refractivity contribution is -0.128. The summed E-state index contributed by atoms with van der Waals surface area (Å²) >= 11 is 0. The van der Waals surface area contributed by atoms with Crippen LogP contribution in [0.25, 0.3) is 0 Å². The molecule has 0 aliphatic carbocycles. The van der Waals surface area contributed by atoms with E-state index in [1.807, 2.05) is 0 Å². The largest absolute Gasteiger partial charge is 0.508 e. The van der Waals surface area contributed by atoms with Gasteiger partial charge in [-0.1, -0.05) is 12.7 Å². The molecule has 0 aromatic rings. The van der Waals surface area contributed by atoms with Crippen molar-refractivity contribution in [2.24, 2.45) is 0 Å². The zero-order chi connectivity index (χ0) is 11.1. The Bertz CT molecular complexity index is 252. The second-order valence-corrected chi connectivity index (χ2v) is 3.18. The van der Waals surface area contributed by atoms with Gasteiger partial charge in [0.05, 0.1) is 6.54 Å². The van der Waals surface area contributed by atoms with Crippen LogP contribution in [0.3, 0.4) is 0 Å². The highest BCUT2D eigenvalue weighted by atomic mass is 16.7. The highest BCUT2D eigenvalue weighted by molar-refractivity contribution is 5.78. The molecule has 1 aliphatic heterocycles. The summed E-state index contributed by atoms with van der Waals surface area (Å²) in [5.41, 5.74) is 0. The van der Waals surface area contributed by atoms with Gasteiger partial charge in [0.25, 0.3) is 0 Å². The first-order chi connectivity index (χ1) is 7.24. The van der Waals surface area contributed by atoms with E-state index in [-0.39, 0.29) is 19.1 Å². The molecule has 1 saturated heterocycles. The fourth-order valence-electron chi connectivity index (χ4n) is 1.35. The summed E-state index contributed by atoms with van der Waals surface area (Å²) < 4.78 is 9.35. The van der Waals surface area contributed by atoms with E-state index < -0.39 is 6.16 Å². The van der Waals surface area contributed by atoms with Gasteiger partial charge in [-0.05, 0) is 6.42 Å². The average molecular weight is 213 g/mol. The minimum absolute atomic E-state index is 0.123. The molecule has 15 heavy (non-hydrogen) atoms. The standard InChI is InChI=1S/C10H15NO4/c1-2-7-14-10(13)15-8-6-11-5-3-4-9(11)12/h2H,1,3-8H2. The third-order valence-electron chi connectivity index (χ3n) is 2.07. The summed E-state index contributed by atoms with van der Waals surface area (Å²) in [5, 5.41) is 0. The first-order valence-corrected chi connectivity index (χ1v) is 4.92. The molecule has 1 fully saturated rings. The van der Waals surface area contributed by atoms with Crippen LogP contribution in [-0.2, 0) is 14.3 Å². The predicted octanol–water partition coefficient (Wildman–Crippen LogP) is 0.948. The van der Waals surface area contributed by atoms with Crippen molar-refractivity contribution in [1.29, 1.82) is 0 Å². The maximum Gasteiger partial charge on any atom is 0.508 e. The number of hydrogen-bond acceptors (Lipinski definition) is 4. The smallest absolute Gasteiger partial charge is 0.432 e. The van der Waals surface area contributed by atoms with Crippen LogP contribution >= 0.6 is 0 Å². The molecule has 0 bridgehead atoms. The molecule has 1 aliphatic rings. The number of rotatable bonds is 5. The van der Waals surface area contributed by atoms with Crippen molar-refractivity contribution in [1.82, 2.24) is 4.90 Å². The summed E-state index contributed by atoms with van der Waals surface area (Å²) in [4.78, 5) is 23.7. The molecule has 0 saturated carbocycles. The molecule has 0 radical (unpaired) electrons. The second-order valence-electron chi connectivity index (χ2n) is 3.18. The SMILES string of the molecule is C=CCOC(=O)OCCN1CCCC1=O. The summed E-state index contributed by atoms with van der Waals surface area (Å²) in [6.07, 6.45) is 2.23. The lowest BCUT2D eigenvalue weighted by atomic mass is 10.4. The third-order valence-corrected chi connectivity index (χ3v) is 2.07. The Kier molecular flexibility index (Phi) is 4.66. The van der Waals surface area contributed by atoms with Gasteiger partial charge in [0.2, 0.25) is 5.91 Å². The minimum atomic E-state index is -0.721. The summed E-state index contributed by atoms with van der Waals surface area (Å²) in [6.45, 7) is 4.92. The second kappa shape index (κ2) is 6.06. The maximum atomic E-state index is 11.2. The highest BCUT2D eigenvalue weighted by Crippen LogP contribution is 2.08. The Morgan fingerprint density at radius 1 is 1.53 bits per heavy atom. The summed E-state index contributed by atoms with van der Waals surface area (Å²) in [7, 11) is 0. The normalized spacial score (nSPS) is 15.2. The Morgan fingerprint density at radius 3 is 2.93 bits per heavy atom. The molecule has 84 valence electrons. The van der Waals surface area contributed by atoms with E-state index in [0.29, 0.717) is 13.0 Å². The van der Waals surface area contributed by atoms with Crippen LogP contribution in [0.15, 0.2) is 12.7 Å². The lowest BCUT2D eigenvalue weighted by Crippen LogP contribution is -2.29. The average Bonchev–Trinajstić information content (AvgIpc) is 2.61. The van der Waals surface area contributed by atoms with Crippen LogP contribution in [0.2, 0.25) is 0 Å². The molecule has 1 amide bonds. The van der Waals surface area contributed by atoms with E-state index >= 15 is 0 Å². The van der Waals surface area contributed by atoms with Gasteiger partial charge < -0.3 is 14.4 Å². The van der Waals surface area contributed by atoms with E-state index in [9.17, 15) is 9.59 Å². The van der Waals surface area contributed by atoms with Crippen molar-refractivity contribution in [3.8, 4) is 0 Å². The van der Waals surface area contributed by atoms with Gasteiger partial charge in [0, 0.05) is 13.0 Å². The first-order valence-electron chi connectivity index (χ1n) is 4.92. The van der Waals surface area contributed by atoms with Crippen molar-refractivity contribution in [3.05, 3.63) is 12.7 Å². The number of amides is 1. The van der Waals surface area contributed by atoms with Crippen LogP contribution in [0.5, 0.6) is 0 Å². The van der Waals surface area contributed by atoms with Gasteiger partial charge in [-0.15, -0.1) is 0 Å². The number of carbonyl (C=O) groups excluding carboxylic acids is 2. The number of ether oxygens (including phenoxy) is 2. The molecular weight excluding hydrogens is 198 g/mol. The van der Waals surface area contributed by atoms with E-state index in [2.05, 4.69) is 11.3 Å². The van der Waals surface area contributed by atoms with Crippen LogP contribution in [0, 0.1) is 0 Å². The van der Waals surface area contributed by atoms with Crippen molar-refractivity contribution in [2.75, 3.05) is 26.3 Å². The monoisotopic (exact) mass is 213 g/mol. The van der Waals surface area contributed by atoms with E-state index in [4.69, 9.17) is 4.74 Å². The zero-order valence-electron chi connectivity index (χ0n) is 8.61. The van der Waals surface area contributed by atoms with Gasteiger partial charge in [0.1, 0.15) is 13.2 Å². The maximum absolute atomic E-state index is 11.2. The molecule has 1 rings (SSSR count). The van der Waals surface area contributed by atoms with Crippen molar-refractivity contribution < 1.29 is 19.1 Å². The van der Waals surface area contributed by atoms with E-state index in [1.54, 1.807) is 4.90 Å². The minimum Gasteiger partial charge on any atom is -0.432 e. The number of nitrogens with zero attached hydrogens (tertiary/aromatic N) is 1. The Morgan fingerprint density at radius 2 is 2.33 bits per heavy atom. The van der Waals surface area contributed by atoms with Gasteiger partial charge in [-0.2, -0.15) is 0 Å². The fraction of sp³-hybridized carbons (Fsp3) is 0.600. The molecule has 0 aromatic carbocycles. The number of likely N-dealkylation sites (tertiary alicyclic amines) is 1. The Balaban J connectivity index is 2.07. The Labute approximate surface area is 88.6 Å². The molecule has 0 N–H and O–H groups in total. The Hall–Kier alpha value is -1.52. The number of hydrogen-bond donors (Lipinski definition) is 0. The van der Waals surface area contributed by atoms with Gasteiger partial charge in [-0.3, -0.25) is 4.79 Å². The van der Waals surface area contributed by atoms with Crippen LogP contribution in [0.1, 0.15) is 12.8 Å². The van der Waals surface area contributed by atoms with E-state index in [1.165, 1.54) is 6.08 Å².